The Kier molecular flexibility index (Phi) is 6.53. The zero-order valence-electron chi connectivity index (χ0n) is 16.9. The Morgan fingerprint density at radius 1 is 1.28 bits per heavy atom. The van der Waals surface area contributed by atoms with E-state index in [2.05, 4.69) is 27.5 Å². The predicted molar refractivity (Wildman–Crippen MR) is 113 cm³/mol. The van der Waals surface area contributed by atoms with Gasteiger partial charge in [0.1, 0.15) is 5.69 Å². The fourth-order valence-electron chi connectivity index (χ4n) is 4.36. The molecule has 6 nitrogen and oxygen atoms in total. The van der Waals surface area contributed by atoms with Crippen LogP contribution in [0.15, 0.2) is 30.3 Å². The van der Waals surface area contributed by atoms with E-state index in [4.69, 9.17) is 16.3 Å². The van der Waals surface area contributed by atoms with E-state index in [1.54, 1.807) is 0 Å². The fraction of sp³-hybridized carbons (Fsp3) is 0.545. The Balaban J connectivity index is 1.51. The summed E-state index contributed by atoms with van der Waals surface area (Å²) in [6.45, 7) is 2.29. The van der Waals surface area contributed by atoms with Crippen molar-refractivity contribution in [3.8, 4) is 0 Å². The number of ether oxygens (including phenoxy) is 1. The van der Waals surface area contributed by atoms with Gasteiger partial charge in [-0.15, -0.1) is 0 Å². The first-order valence-corrected chi connectivity index (χ1v) is 10.9. The summed E-state index contributed by atoms with van der Waals surface area (Å²) in [5.74, 6) is 0.306. The number of morpholine rings is 1. The molecule has 1 aliphatic carbocycles. The van der Waals surface area contributed by atoms with E-state index in [9.17, 15) is 4.79 Å². The second-order valence-electron chi connectivity index (χ2n) is 8.22. The first-order chi connectivity index (χ1) is 14.1. The molecule has 7 heteroatoms. The lowest BCUT2D eigenvalue weighted by Crippen LogP contribution is -2.48. The van der Waals surface area contributed by atoms with Gasteiger partial charge in [0.05, 0.1) is 18.8 Å². The number of carbonyl (C=O) groups excluding carboxylic acids is 1. The van der Waals surface area contributed by atoms with Gasteiger partial charge in [-0.05, 0) is 43.7 Å². The van der Waals surface area contributed by atoms with Crippen molar-refractivity contribution >= 4 is 17.5 Å². The van der Waals surface area contributed by atoms with Crippen LogP contribution in [0.3, 0.4) is 0 Å². The number of benzene rings is 1. The molecule has 1 aromatic heterocycles. The van der Waals surface area contributed by atoms with Crippen LogP contribution in [0.4, 0.5) is 0 Å². The van der Waals surface area contributed by atoms with Gasteiger partial charge in [-0.25, -0.2) is 0 Å². The van der Waals surface area contributed by atoms with Crippen molar-refractivity contribution in [3.63, 3.8) is 0 Å². The SMILES string of the molecule is CN1CCOC(C(NC(=O)c2cc(C3CCCCC3)[nH]n2)c2ccc(Cl)cc2)C1. The third-order valence-corrected chi connectivity index (χ3v) is 6.31. The van der Waals surface area contributed by atoms with Gasteiger partial charge in [-0.3, -0.25) is 9.89 Å². The molecule has 2 aromatic rings. The summed E-state index contributed by atoms with van der Waals surface area (Å²) >= 11 is 6.06. The minimum absolute atomic E-state index is 0.129. The third-order valence-electron chi connectivity index (χ3n) is 6.06. The molecule has 4 rings (SSSR count). The molecular weight excluding hydrogens is 388 g/mol. The number of hydrogen-bond acceptors (Lipinski definition) is 4. The van der Waals surface area contributed by atoms with Gasteiger partial charge in [0.15, 0.2) is 0 Å². The Bertz CT molecular complexity index is 816. The van der Waals surface area contributed by atoms with Crippen molar-refractivity contribution in [1.29, 1.82) is 0 Å². The molecule has 0 radical (unpaired) electrons. The zero-order valence-corrected chi connectivity index (χ0v) is 17.6. The average Bonchev–Trinajstić information content (AvgIpc) is 3.24. The molecule has 2 fully saturated rings. The number of H-pyrrole nitrogens is 1. The quantitative estimate of drug-likeness (QED) is 0.775. The molecule has 0 bridgehead atoms. The van der Waals surface area contributed by atoms with Crippen molar-refractivity contribution in [2.75, 3.05) is 26.7 Å². The number of aromatic nitrogens is 2. The van der Waals surface area contributed by atoms with Crippen molar-refractivity contribution in [3.05, 3.63) is 52.3 Å². The molecule has 156 valence electrons. The predicted octanol–water partition coefficient (Wildman–Crippen LogP) is 3.91. The molecule has 1 aliphatic heterocycles. The Morgan fingerprint density at radius 2 is 2.03 bits per heavy atom. The number of halogens is 1. The first-order valence-electron chi connectivity index (χ1n) is 10.5. The van der Waals surface area contributed by atoms with Crippen LogP contribution >= 0.6 is 11.6 Å². The molecule has 2 unspecified atom stereocenters. The summed E-state index contributed by atoms with van der Waals surface area (Å²) in [5, 5.41) is 11.2. The van der Waals surface area contributed by atoms with Gasteiger partial charge < -0.3 is 15.0 Å². The van der Waals surface area contributed by atoms with Crippen molar-refractivity contribution in [2.45, 2.75) is 50.2 Å². The number of nitrogens with zero attached hydrogens (tertiary/aromatic N) is 2. The van der Waals surface area contributed by atoms with E-state index in [1.807, 2.05) is 30.3 Å². The highest BCUT2D eigenvalue weighted by Gasteiger charge is 2.30. The number of nitrogens with one attached hydrogen (secondary N) is 2. The lowest BCUT2D eigenvalue weighted by Gasteiger charge is -2.35. The van der Waals surface area contributed by atoms with Crippen LogP contribution in [-0.2, 0) is 4.74 Å². The van der Waals surface area contributed by atoms with Crippen LogP contribution in [0.2, 0.25) is 5.02 Å². The Hall–Kier alpha value is -1.89. The van der Waals surface area contributed by atoms with Crippen LogP contribution in [0, 0.1) is 0 Å². The van der Waals surface area contributed by atoms with E-state index in [0.29, 0.717) is 23.2 Å². The first kappa shape index (κ1) is 20.4. The number of aromatic amines is 1. The highest BCUT2D eigenvalue weighted by atomic mass is 35.5. The summed E-state index contributed by atoms with van der Waals surface area (Å²) in [7, 11) is 2.07. The Morgan fingerprint density at radius 3 is 2.76 bits per heavy atom. The monoisotopic (exact) mass is 416 g/mol. The van der Waals surface area contributed by atoms with Crippen molar-refractivity contribution < 1.29 is 9.53 Å². The molecule has 0 spiro atoms. The number of carbonyl (C=O) groups is 1. The molecule has 2 heterocycles. The molecule has 2 aliphatic rings. The molecule has 1 amide bonds. The van der Waals surface area contributed by atoms with E-state index in [-0.39, 0.29) is 18.1 Å². The van der Waals surface area contributed by atoms with Crippen LogP contribution in [0.5, 0.6) is 0 Å². The van der Waals surface area contributed by atoms with Crippen molar-refractivity contribution in [2.24, 2.45) is 0 Å². The minimum atomic E-state index is -0.266. The minimum Gasteiger partial charge on any atom is -0.373 e. The smallest absolute Gasteiger partial charge is 0.272 e. The maximum Gasteiger partial charge on any atom is 0.272 e. The van der Waals surface area contributed by atoms with Gasteiger partial charge in [0.2, 0.25) is 0 Å². The van der Waals surface area contributed by atoms with Crippen LogP contribution < -0.4 is 5.32 Å². The molecule has 1 saturated heterocycles. The summed E-state index contributed by atoms with van der Waals surface area (Å²) in [6, 6.07) is 9.23. The van der Waals surface area contributed by atoms with Crippen LogP contribution in [-0.4, -0.2) is 53.9 Å². The molecule has 2 atom stereocenters. The average molecular weight is 417 g/mol. The lowest BCUT2D eigenvalue weighted by atomic mass is 9.87. The topological polar surface area (TPSA) is 70.2 Å². The number of amides is 1. The number of likely N-dealkylation sites (N-methyl/N-ethyl adjacent to an activating group) is 1. The third kappa shape index (κ3) is 5.00. The van der Waals surface area contributed by atoms with E-state index < -0.39 is 0 Å². The van der Waals surface area contributed by atoms with Crippen LogP contribution in [0.25, 0.3) is 0 Å². The number of hydrogen-bond donors (Lipinski definition) is 2. The van der Waals surface area contributed by atoms with E-state index >= 15 is 0 Å². The fourth-order valence-corrected chi connectivity index (χ4v) is 4.49. The lowest BCUT2D eigenvalue weighted by molar-refractivity contribution is -0.0381. The summed E-state index contributed by atoms with van der Waals surface area (Å²) in [4.78, 5) is 15.2. The second kappa shape index (κ2) is 9.28. The zero-order chi connectivity index (χ0) is 20.2. The molecular formula is C22H29ClN4O2. The maximum absolute atomic E-state index is 13.0. The van der Waals surface area contributed by atoms with E-state index in [1.165, 1.54) is 32.1 Å². The standard InChI is InChI=1S/C22H29ClN4O2/c1-27-11-12-29-20(14-27)21(16-7-9-17(23)10-8-16)24-22(28)19-13-18(25-26-19)15-5-3-2-4-6-15/h7-10,13,15,20-21H,2-6,11-12,14H2,1H3,(H,24,28)(H,25,26). The molecule has 29 heavy (non-hydrogen) atoms. The van der Waals surface area contributed by atoms with Crippen molar-refractivity contribution in [1.82, 2.24) is 20.4 Å². The normalized spacial score (nSPS) is 22.3. The van der Waals surface area contributed by atoms with E-state index in [0.717, 1.165) is 24.3 Å². The number of rotatable bonds is 5. The second-order valence-corrected chi connectivity index (χ2v) is 8.65. The highest BCUT2D eigenvalue weighted by Crippen LogP contribution is 2.32. The summed E-state index contributed by atoms with van der Waals surface area (Å²) < 4.78 is 6.01. The Labute approximate surface area is 177 Å². The largest absolute Gasteiger partial charge is 0.373 e. The van der Waals surface area contributed by atoms with Gasteiger partial charge in [0.25, 0.3) is 5.91 Å². The highest BCUT2D eigenvalue weighted by molar-refractivity contribution is 6.30. The van der Waals surface area contributed by atoms with Gasteiger partial charge in [-0.2, -0.15) is 5.10 Å². The summed E-state index contributed by atoms with van der Waals surface area (Å²) in [6.07, 6.45) is 6.00. The van der Waals surface area contributed by atoms with Gasteiger partial charge >= 0.3 is 0 Å². The van der Waals surface area contributed by atoms with Gasteiger partial charge in [-0.1, -0.05) is 43.0 Å². The molecule has 1 aromatic carbocycles. The van der Waals surface area contributed by atoms with Crippen LogP contribution in [0.1, 0.15) is 65.8 Å². The molecule has 2 N–H and O–H groups in total. The summed E-state index contributed by atoms with van der Waals surface area (Å²) in [5.41, 5.74) is 2.49. The van der Waals surface area contributed by atoms with Gasteiger partial charge in [0, 0.05) is 29.7 Å². The molecule has 1 saturated carbocycles. The maximum atomic E-state index is 13.0.